The molecule has 168 valence electrons. The molecule has 0 aliphatic carbocycles. The lowest BCUT2D eigenvalue weighted by Gasteiger charge is -2.44. The van der Waals surface area contributed by atoms with Crippen LogP contribution in [0.4, 0.5) is 0 Å². The second-order valence-electron chi connectivity index (χ2n) is 9.91. The topological polar surface area (TPSA) is 49.3 Å². The van der Waals surface area contributed by atoms with Gasteiger partial charge in [-0.25, -0.2) is 0 Å². The molecule has 0 aromatic heterocycles. The van der Waals surface area contributed by atoms with E-state index < -0.39 is 0 Å². The number of guanidine groups is 1. The molecule has 0 bridgehead atoms. The Bertz CT molecular complexity index is 511. The molecule has 3 aliphatic rings. The third kappa shape index (κ3) is 6.83. The lowest BCUT2D eigenvalue weighted by molar-refractivity contribution is -0.0721. The van der Waals surface area contributed by atoms with Crippen LogP contribution in [0.2, 0.25) is 0 Å². The van der Waals surface area contributed by atoms with E-state index in [1.807, 2.05) is 7.05 Å². The summed E-state index contributed by atoms with van der Waals surface area (Å²) in [5, 5.41) is 3.66. The van der Waals surface area contributed by atoms with Crippen LogP contribution in [0.15, 0.2) is 4.99 Å². The average Bonchev–Trinajstić information content (AvgIpc) is 2.74. The lowest BCUT2D eigenvalue weighted by Crippen LogP contribution is -2.57. The predicted molar refractivity (Wildman–Crippen MR) is 120 cm³/mol. The Labute approximate surface area is 178 Å². The SMILES string of the molecule is CN=C(NCC(C)(C)N1CCCC(C)C1)N1CCC(OCC2CCCCO2)CC1. The molecule has 3 aliphatic heterocycles. The predicted octanol–water partition coefficient (Wildman–Crippen LogP) is 3.12. The first-order chi connectivity index (χ1) is 14.0. The summed E-state index contributed by atoms with van der Waals surface area (Å²) >= 11 is 0. The van der Waals surface area contributed by atoms with Gasteiger partial charge in [-0.05, 0) is 71.3 Å². The maximum Gasteiger partial charge on any atom is 0.193 e. The van der Waals surface area contributed by atoms with Crippen molar-refractivity contribution in [2.75, 3.05) is 53.0 Å². The van der Waals surface area contributed by atoms with Crippen molar-refractivity contribution < 1.29 is 9.47 Å². The van der Waals surface area contributed by atoms with Crippen LogP contribution in [-0.2, 0) is 9.47 Å². The Morgan fingerprint density at radius 3 is 2.55 bits per heavy atom. The van der Waals surface area contributed by atoms with E-state index >= 15 is 0 Å². The molecule has 0 radical (unpaired) electrons. The molecule has 3 fully saturated rings. The summed E-state index contributed by atoms with van der Waals surface area (Å²) in [5.74, 6) is 1.84. The smallest absolute Gasteiger partial charge is 0.193 e. The molecular formula is C23H44N4O2. The van der Waals surface area contributed by atoms with Gasteiger partial charge in [0.05, 0.1) is 18.8 Å². The van der Waals surface area contributed by atoms with E-state index in [1.165, 1.54) is 38.8 Å². The van der Waals surface area contributed by atoms with Gasteiger partial charge in [0.1, 0.15) is 0 Å². The molecule has 29 heavy (non-hydrogen) atoms. The summed E-state index contributed by atoms with van der Waals surface area (Å²) in [4.78, 5) is 9.61. The molecule has 3 heterocycles. The van der Waals surface area contributed by atoms with Crippen molar-refractivity contribution in [2.24, 2.45) is 10.9 Å². The van der Waals surface area contributed by atoms with Crippen LogP contribution < -0.4 is 5.32 Å². The standard InChI is InChI=1S/C23H44N4O2/c1-19-8-7-12-27(16-19)23(2,3)18-25-22(24-4)26-13-10-20(11-14-26)29-17-21-9-5-6-15-28-21/h19-21H,5-18H2,1-4H3,(H,24,25). The highest BCUT2D eigenvalue weighted by Crippen LogP contribution is 2.23. The zero-order valence-corrected chi connectivity index (χ0v) is 19.3. The van der Waals surface area contributed by atoms with Crippen molar-refractivity contribution >= 4 is 5.96 Å². The number of likely N-dealkylation sites (tertiary alicyclic amines) is 2. The minimum Gasteiger partial charge on any atom is -0.376 e. The molecule has 3 saturated heterocycles. The second-order valence-corrected chi connectivity index (χ2v) is 9.91. The fraction of sp³-hybridized carbons (Fsp3) is 0.957. The van der Waals surface area contributed by atoms with E-state index in [2.05, 4.69) is 40.9 Å². The van der Waals surface area contributed by atoms with Gasteiger partial charge in [0, 0.05) is 45.4 Å². The summed E-state index contributed by atoms with van der Waals surface area (Å²) < 4.78 is 12.0. The minimum absolute atomic E-state index is 0.145. The third-order valence-electron chi connectivity index (χ3n) is 6.94. The largest absolute Gasteiger partial charge is 0.376 e. The first-order valence-electron chi connectivity index (χ1n) is 11.9. The van der Waals surface area contributed by atoms with Crippen molar-refractivity contribution in [1.82, 2.24) is 15.1 Å². The molecule has 6 heteroatoms. The maximum atomic E-state index is 6.17. The Morgan fingerprint density at radius 2 is 1.90 bits per heavy atom. The van der Waals surface area contributed by atoms with E-state index in [0.717, 1.165) is 64.0 Å². The van der Waals surface area contributed by atoms with Gasteiger partial charge in [0.25, 0.3) is 0 Å². The molecule has 6 nitrogen and oxygen atoms in total. The Kier molecular flexibility index (Phi) is 8.63. The summed E-state index contributed by atoms with van der Waals surface area (Å²) in [6.07, 6.45) is 9.14. The summed E-state index contributed by atoms with van der Waals surface area (Å²) in [7, 11) is 1.90. The lowest BCUT2D eigenvalue weighted by atomic mass is 9.93. The van der Waals surface area contributed by atoms with E-state index in [4.69, 9.17) is 9.47 Å². The highest BCUT2D eigenvalue weighted by Gasteiger charge is 2.31. The molecule has 0 saturated carbocycles. The zero-order chi connectivity index (χ0) is 20.7. The molecule has 0 spiro atoms. The molecule has 3 rings (SSSR count). The van der Waals surface area contributed by atoms with Crippen molar-refractivity contribution in [2.45, 2.75) is 83.5 Å². The summed E-state index contributed by atoms with van der Waals surface area (Å²) in [5.41, 5.74) is 0.145. The molecule has 0 aromatic rings. The number of rotatable bonds is 6. The monoisotopic (exact) mass is 408 g/mol. The fourth-order valence-corrected chi connectivity index (χ4v) is 4.90. The highest BCUT2D eigenvalue weighted by molar-refractivity contribution is 5.80. The van der Waals surface area contributed by atoms with E-state index in [0.29, 0.717) is 12.2 Å². The summed E-state index contributed by atoms with van der Waals surface area (Å²) in [6.45, 7) is 14.1. The fourth-order valence-electron chi connectivity index (χ4n) is 4.90. The third-order valence-corrected chi connectivity index (χ3v) is 6.94. The van der Waals surface area contributed by atoms with Gasteiger partial charge in [-0.1, -0.05) is 6.92 Å². The number of aliphatic imine (C=N–C) groups is 1. The van der Waals surface area contributed by atoms with Gasteiger partial charge in [-0.2, -0.15) is 0 Å². The van der Waals surface area contributed by atoms with Gasteiger partial charge in [0.2, 0.25) is 0 Å². The highest BCUT2D eigenvalue weighted by atomic mass is 16.5. The van der Waals surface area contributed by atoms with E-state index in [1.54, 1.807) is 0 Å². The van der Waals surface area contributed by atoms with Gasteiger partial charge < -0.3 is 19.7 Å². The number of hydrogen-bond donors (Lipinski definition) is 1. The zero-order valence-electron chi connectivity index (χ0n) is 19.3. The molecule has 0 amide bonds. The van der Waals surface area contributed by atoms with Crippen LogP contribution in [-0.4, -0.2) is 86.5 Å². The van der Waals surface area contributed by atoms with Gasteiger partial charge in [-0.3, -0.25) is 9.89 Å². The number of hydrogen-bond acceptors (Lipinski definition) is 4. The first kappa shape index (κ1) is 22.8. The molecule has 0 aromatic carbocycles. The van der Waals surface area contributed by atoms with Crippen LogP contribution in [0.5, 0.6) is 0 Å². The normalized spacial score (nSPS) is 28.6. The van der Waals surface area contributed by atoms with E-state index in [9.17, 15) is 0 Å². The van der Waals surface area contributed by atoms with Crippen molar-refractivity contribution in [1.29, 1.82) is 0 Å². The van der Waals surface area contributed by atoms with Crippen molar-refractivity contribution in [3.63, 3.8) is 0 Å². The van der Waals surface area contributed by atoms with Crippen LogP contribution in [0.1, 0.15) is 65.7 Å². The van der Waals surface area contributed by atoms with Gasteiger partial charge >= 0.3 is 0 Å². The van der Waals surface area contributed by atoms with Gasteiger partial charge in [-0.15, -0.1) is 0 Å². The van der Waals surface area contributed by atoms with Crippen molar-refractivity contribution in [3.8, 4) is 0 Å². The molecular weight excluding hydrogens is 364 g/mol. The van der Waals surface area contributed by atoms with Gasteiger partial charge in [0.15, 0.2) is 5.96 Å². The first-order valence-corrected chi connectivity index (χ1v) is 11.9. The summed E-state index contributed by atoms with van der Waals surface area (Å²) in [6, 6.07) is 0. The second kappa shape index (κ2) is 11.0. The van der Waals surface area contributed by atoms with Crippen LogP contribution in [0.3, 0.4) is 0 Å². The van der Waals surface area contributed by atoms with E-state index in [-0.39, 0.29) is 5.54 Å². The number of ether oxygens (including phenoxy) is 2. The number of nitrogens with zero attached hydrogens (tertiary/aromatic N) is 3. The average molecular weight is 409 g/mol. The number of nitrogens with one attached hydrogen (secondary N) is 1. The van der Waals surface area contributed by atoms with Crippen LogP contribution >= 0.6 is 0 Å². The minimum atomic E-state index is 0.145. The molecule has 2 atom stereocenters. The van der Waals surface area contributed by atoms with Crippen LogP contribution in [0.25, 0.3) is 0 Å². The molecule has 2 unspecified atom stereocenters. The van der Waals surface area contributed by atoms with Crippen molar-refractivity contribution in [3.05, 3.63) is 0 Å². The Hall–Kier alpha value is -0.850. The van der Waals surface area contributed by atoms with Crippen LogP contribution in [0, 0.1) is 5.92 Å². The number of piperidine rings is 2. The Balaban J connectivity index is 1.39. The molecule has 1 N–H and O–H groups in total. The Morgan fingerprint density at radius 1 is 1.10 bits per heavy atom. The quantitative estimate of drug-likeness (QED) is 0.541. The maximum absolute atomic E-state index is 6.17.